The highest BCUT2D eigenvalue weighted by Gasteiger charge is 2.31. The molecule has 1 fully saturated rings. The maximum Gasteiger partial charge on any atom is 0.415 e. The zero-order valence-electron chi connectivity index (χ0n) is 20.4. The molecule has 198 valence electrons. The lowest BCUT2D eigenvalue weighted by atomic mass is 9.80. The van der Waals surface area contributed by atoms with Gasteiger partial charge < -0.3 is 19.5 Å². The van der Waals surface area contributed by atoms with Crippen LogP contribution in [0.15, 0.2) is 18.2 Å². The van der Waals surface area contributed by atoms with Gasteiger partial charge in [0.25, 0.3) is 0 Å². The molecule has 1 aromatic carbocycles. The second kappa shape index (κ2) is 14.4. The summed E-state index contributed by atoms with van der Waals surface area (Å²) in [5.74, 6) is -0.349. The first-order valence-corrected chi connectivity index (χ1v) is 14.3. The molecule has 0 radical (unpaired) electrons. The molecule has 0 saturated heterocycles. The molecule has 0 bridgehead atoms. The van der Waals surface area contributed by atoms with E-state index in [-0.39, 0.29) is 11.8 Å². The summed E-state index contributed by atoms with van der Waals surface area (Å²) >= 11 is 12.2. The Morgan fingerprint density at radius 1 is 1.14 bits per heavy atom. The quantitative estimate of drug-likeness (QED) is 0.196. The molecule has 2 N–H and O–H groups in total. The summed E-state index contributed by atoms with van der Waals surface area (Å²) < 4.78 is 21.4. The molecule has 0 spiro atoms. The minimum Gasteiger partial charge on any atom is -0.428 e. The molecule has 0 heterocycles. The molecule has 1 aliphatic carbocycles. The highest BCUT2D eigenvalue weighted by Crippen LogP contribution is 2.37. The van der Waals surface area contributed by atoms with E-state index in [9.17, 15) is 24.2 Å². The second-order valence-electron chi connectivity index (χ2n) is 9.46. The van der Waals surface area contributed by atoms with Crippen molar-refractivity contribution in [3.63, 3.8) is 0 Å². The molecule has 0 aromatic heterocycles. The zero-order valence-corrected chi connectivity index (χ0v) is 22.9. The van der Waals surface area contributed by atoms with E-state index in [0.717, 1.165) is 25.7 Å². The van der Waals surface area contributed by atoms with Crippen LogP contribution in [0.5, 0.6) is 0 Å². The fraction of sp³-hybridized carbons (Fsp3) is 0.667. The molecule has 0 aliphatic heterocycles. The van der Waals surface area contributed by atoms with E-state index in [2.05, 4.69) is 0 Å². The van der Waals surface area contributed by atoms with Gasteiger partial charge >= 0.3 is 12.1 Å². The molecule has 8 nitrogen and oxygen atoms in total. The van der Waals surface area contributed by atoms with Crippen molar-refractivity contribution in [3.8, 4) is 0 Å². The SMILES string of the molecule is CC(C)C(=O)OCOC(=O)N(C(O)CCC1CCCC(C[PH](=O)O)C1)[C@@H](C)c1ccc(Cl)c(Cl)c1. The molecular formula is C24H36Cl2NO7P. The fourth-order valence-corrected chi connectivity index (χ4v) is 5.64. The van der Waals surface area contributed by atoms with Gasteiger partial charge in [0.15, 0.2) is 8.03 Å². The molecule has 11 heteroatoms. The highest BCUT2D eigenvalue weighted by molar-refractivity contribution is 7.38. The maximum atomic E-state index is 13.0. The summed E-state index contributed by atoms with van der Waals surface area (Å²) in [5.41, 5.74) is 0.653. The first-order chi connectivity index (χ1) is 16.5. The van der Waals surface area contributed by atoms with Gasteiger partial charge in [0.05, 0.1) is 22.0 Å². The Kier molecular flexibility index (Phi) is 12.3. The molecule has 1 saturated carbocycles. The van der Waals surface area contributed by atoms with Crippen molar-refractivity contribution in [2.24, 2.45) is 17.8 Å². The molecule has 35 heavy (non-hydrogen) atoms. The minimum absolute atomic E-state index is 0.217. The number of amides is 1. The Morgan fingerprint density at radius 2 is 1.83 bits per heavy atom. The molecule has 1 amide bonds. The van der Waals surface area contributed by atoms with Crippen molar-refractivity contribution in [1.29, 1.82) is 0 Å². The third-order valence-corrected chi connectivity index (χ3v) is 8.08. The van der Waals surface area contributed by atoms with Crippen LogP contribution in [0.2, 0.25) is 10.0 Å². The van der Waals surface area contributed by atoms with E-state index >= 15 is 0 Å². The van der Waals surface area contributed by atoms with Gasteiger partial charge in [-0.05, 0) is 62.1 Å². The smallest absolute Gasteiger partial charge is 0.415 e. The number of benzene rings is 1. The van der Waals surface area contributed by atoms with Crippen molar-refractivity contribution in [1.82, 2.24) is 4.90 Å². The largest absolute Gasteiger partial charge is 0.428 e. The van der Waals surface area contributed by atoms with Crippen LogP contribution in [0.1, 0.15) is 70.9 Å². The average molecular weight is 552 g/mol. The highest BCUT2D eigenvalue weighted by atomic mass is 35.5. The average Bonchev–Trinajstić information content (AvgIpc) is 2.79. The van der Waals surface area contributed by atoms with Gasteiger partial charge in [-0.3, -0.25) is 14.3 Å². The van der Waals surface area contributed by atoms with Crippen molar-refractivity contribution in [2.45, 2.75) is 71.6 Å². The normalized spacial score (nSPS) is 20.7. The maximum absolute atomic E-state index is 13.0. The number of rotatable bonds is 11. The minimum atomic E-state index is -2.50. The van der Waals surface area contributed by atoms with Crippen LogP contribution in [0.4, 0.5) is 4.79 Å². The van der Waals surface area contributed by atoms with Crippen LogP contribution in [0.25, 0.3) is 0 Å². The summed E-state index contributed by atoms with van der Waals surface area (Å²) in [7, 11) is -2.50. The summed E-state index contributed by atoms with van der Waals surface area (Å²) in [6.07, 6.45) is 3.05. The first-order valence-electron chi connectivity index (χ1n) is 12.0. The monoisotopic (exact) mass is 551 g/mol. The Labute approximate surface area is 217 Å². The third kappa shape index (κ3) is 9.58. The summed E-state index contributed by atoms with van der Waals surface area (Å²) in [5, 5.41) is 11.7. The fourth-order valence-electron chi connectivity index (χ4n) is 4.47. The first kappa shape index (κ1) is 29.9. The number of hydrogen-bond donors (Lipinski definition) is 2. The van der Waals surface area contributed by atoms with Crippen LogP contribution in [-0.4, -0.2) is 46.1 Å². The van der Waals surface area contributed by atoms with Gasteiger partial charge in [0.2, 0.25) is 6.79 Å². The number of nitrogens with zero attached hydrogens (tertiary/aromatic N) is 1. The number of carbonyl (C=O) groups is 2. The molecule has 1 aliphatic rings. The predicted molar refractivity (Wildman–Crippen MR) is 136 cm³/mol. The lowest BCUT2D eigenvalue weighted by Crippen LogP contribution is -2.43. The van der Waals surface area contributed by atoms with E-state index in [4.69, 9.17) is 32.7 Å². The van der Waals surface area contributed by atoms with Crippen molar-refractivity contribution < 1.29 is 33.6 Å². The third-order valence-electron chi connectivity index (χ3n) is 6.42. The number of ether oxygens (including phenoxy) is 2. The van der Waals surface area contributed by atoms with Gasteiger partial charge in [-0.25, -0.2) is 4.79 Å². The summed E-state index contributed by atoms with van der Waals surface area (Å²) in [6.45, 7) is 4.52. The lowest BCUT2D eigenvalue weighted by molar-refractivity contribution is -0.157. The van der Waals surface area contributed by atoms with Crippen LogP contribution >= 0.6 is 31.2 Å². The van der Waals surface area contributed by atoms with Crippen molar-refractivity contribution in [2.75, 3.05) is 13.0 Å². The Balaban J connectivity index is 2.09. The van der Waals surface area contributed by atoms with Gasteiger partial charge in [-0.15, -0.1) is 0 Å². The molecule has 5 atom stereocenters. The number of aliphatic hydroxyl groups is 1. The van der Waals surface area contributed by atoms with Gasteiger partial charge in [0.1, 0.15) is 6.23 Å². The number of carbonyl (C=O) groups excluding carboxylic acids is 2. The number of halogens is 2. The topological polar surface area (TPSA) is 113 Å². The van der Waals surface area contributed by atoms with Crippen LogP contribution in [0.3, 0.4) is 0 Å². The lowest BCUT2D eigenvalue weighted by Gasteiger charge is -2.34. The number of aliphatic hydroxyl groups excluding tert-OH is 1. The Bertz CT molecular complexity index is 885. The number of esters is 1. The van der Waals surface area contributed by atoms with Crippen LogP contribution in [0, 0.1) is 17.8 Å². The summed E-state index contributed by atoms with van der Waals surface area (Å²) in [6, 6.07) is 4.36. The summed E-state index contributed by atoms with van der Waals surface area (Å²) in [4.78, 5) is 35.1. The van der Waals surface area contributed by atoms with Gasteiger partial charge in [0, 0.05) is 6.16 Å². The molecule has 2 rings (SSSR count). The van der Waals surface area contributed by atoms with E-state index in [1.165, 1.54) is 4.90 Å². The second-order valence-corrected chi connectivity index (χ2v) is 11.5. The van der Waals surface area contributed by atoms with E-state index in [1.54, 1.807) is 39.0 Å². The van der Waals surface area contributed by atoms with Gasteiger partial charge in [-0.1, -0.05) is 56.0 Å². The predicted octanol–water partition coefficient (Wildman–Crippen LogP) is 6.02. The zero-order chi connectivity index (χ0) is 26.1. The molecular weight excluding hydrogens is 516 g/mol. The van der Waals surface area contributed by atoms with Crippen molar-refractivity contribution >= 4 is 43.3 Å². The van der Waals surface area contributed by atoms with Crippen LogP contribution < -0.4 is 0 Å². The van der Waals surface area contributed by atoms with Crippen molar-refractivity contribution in [3.05, 3.63) is 33.8 Å². The van der Waals surface area contributed by atoms with Crippen LogP contribution in [-0.2, 0) is 18.8 Å². The Morgan fingerprint density at radius 3 is 2.46 bits per heavy atom. The standard InChI is InChI=1S/C24H36Cl2NO7P/c1-15(2)23(29)33-14-34-24(30)27(16(3)19-8-9-20(25)21(26)12-19)22(28)10-7-17-5-4-6-18(11-17)13-35(31)32/h8-9,12,15-18,22,28,35H,4-7,10-11,13-14H2,1-3H3,(H,31,32)/t16-,17?,18?,22?/m0/s1. The molecule has 1 aromatic rings. The Hall–Kier alpha value is -1.31. The van der Waals surface area contributed by atoms with E-state index < -0.39 is 39.2 Å². The number of hydrogen-bond acceptors (Lipinski definition) is 6. The molecule has 4 unspecified atom stereocenters. The van der Waals surface area contributed by atoms with Gasteiger partial charge in [-0.2, -0.15) is 0 Å². The van der Waals surface area contributed by atoms with E-state index in [0.29, 0.717) is 40.5 Å². The van der Waals surface area contributed by atoms with E-state index in [1.807, 2.05) is 0 Å².